The molecular formula is C16H20O2S2. The lowest BCUT2D eigenvalue weighted by molar-refractivity contribution is 0.597. The number of thiol groups is 1. The van der Waals surface area contributed by atoms with Crippen LogP contribution in [0.3, 0.4) is 0 Å². The minimum atomic E-state index is -3.05. The van der Waals surface area contributed by atoms with Crippen molar-refractivity contribution in [1.29, 1.82) is 0 Å². The largest absolute Gasteiger partial charge is 0.224 e. The number of aryl methyl sites for hydroxylation is 1. The summed E-state index contributed by atoms with van der Waals surface area (Å²) in [6.45, 7) is 3.72. The minimum absolute atomic E-state index is 0.146. The molecule has 2 rings (SSSR count). The van der Waals surface area contributed by atoms with E-state index in [4.69, 9.17) is 0 Å². The van der Waals surface area contributed by atoms with Crippen molar-refractivity contribution in [2.24, 2.45) is 0 Å². The third-order valence-electron chi connectivity index (χ3n) is 2.79. The maximum absolute atomic E-state index is 11.4. The van der Waals surface area contributed by atoms with Gasteiger partial charge in [-0.3, -0.25) is 0 Å². The third kappa shape index (κ3) is 5.39. The van der Waals surface area contributed by atoms with E-state index >= 15 is 0 Å². The molecule has 0 aliphatic rings. The Labute approximate surface area is 127 Å². The van der Waals surface area contributed by atoms with Crippen LogP contribution in [0.25, 0.3) is 0 Å². The summed E-state index contributed by atoms with van der Waals surface area (Å²) in [4.78, 5) is 0.389. The van der Waals surface area contributed by atoms with Crippen molar-refractivity contribution >= 4 is 22.5 Å². The first-order chi connectivity index (χ1) is 9.49. The van der Waals surface area contributed by atoms with Crippen LogP contribution in [0.1, 0.15) is 18.1 Å². The van der Waals surface area contributed by atoms with Crippen molar-refractivity contribution in [3.63, 3.8) is 0 Å². The predicted octanol–water partition coefficient (Wildman–Crippen LogP) is 3.91. The topological polar surface area (TPSA) is 34.1 Å². The van der Waals surface area contributed by atoms with Gasteiger partial charge >= 0.3 is 0 Å². The average molecular weight is 308 g/mol. The van der Waals surface area contributed by atoms with Crippen molar-refractivity contribution in [2.75, 3.05) is 5.75 Å². The lowest BCUT2D eigenvalue weighted by Gasteiger charge is -2.01. The Morgan fingerprint density at radius 2 is 1.50 bits per heavy atom. The van der Waals surface area contributed by atoms with Gasteiger partial charge < -0.3 is 0 Å². The normalized spacial score (nSPS) is 10.6. The van der Waals surface area contributed by atoms with Crippen molar-refractivity contribution in [3.8, 4) is 0 Å². The van der Waals surface area contributed by atoms with Gasteiger partial charge in [-0.15, -0.1) is 0 Å². The van der Waals surface area contributed by atoms with E-state index in [1.54, 1.807) is 31.2 Å². The van der Waals surface area contributed by atoms with Gasteiger partial charge in [0.1, 0.15) is 0 Å². The fourth-order valence-electron chi connectivity index (χ4n) is 1.50. The van der Waals surface area contributed by atoms with E-state index in [1.807, 2.05) is 18.2 Å². The molecule has 0 saturated carbocycles. The molecule has 0 unspecified atom stereocenters. The number of hydrogen-bond donors (Lipinski definition) is 1. The Morgan fingerprint density at radius 3 is 1.85 bits per heavy atom. The van der Waals surface area contributed by atoms with Crippen LogP contribution >= 0.6 is 12.6 Å². The van der Waals surface area contributed by atoms with E-state index in [2.05, 4.69) is 31.7 Å². The van der Waals surface area contributed by atoms with Crippen molar-refractivity contribution in [2.45, 2.75) is 24.5 Å². The molecular weight excluding hydrogens is 288 g/mol. The first-order valence-corrected chi connectivity index (χ1v) is 8.72. The van der Waals surface area contributed by atoms with Gasteiger partial charge in [-0.2, -0.15) is 12.6 Å². The zero-order chi connectivity index (χ0) is 15.0. The second kappa shape index (κ2) is 8.12. The molecule has 4 heteroatoms. The molecule has 2 aromatic carbocycles. The Hall–Kier alpha value is -1.26. The summed E-state index contributed by atoms with van der Waals surface area (Å²) in [7, 11) is -3.05. The highest BCUT2D eigenvalue weighted by Crippen LogP contribution is 2.13. The number of hydrogen-bond acceptors (Lipinski definition) is 3. The minimum Gasteiger partial charge on any atom is -0.224 e. The van der Waals surface area contributed by atoms with E-state index in [0.29, 0.717) is 10.6 Å². The van der Waals surface area contributed by atoms with Crippen LogP contribution in [0, 0.1) is 6.92 Å². The standard InChI is InChI=1S/C9H12O2S2.C7H8/c1-2-13(10,11)9-5-3-8(7-12)4-6-9;1-7-5-3-2-4-6-7/h3-6,12H,2,7H2,1H3;2-6H,1H3. The summed E-state index contributed by atoms with van der Waals surface area (Å²) in [5, 5.41) is 0. The maximum Gasteiger partial charge on any atom is 0.178 e. The van der Waals surface area contributed by atoms with Gasteiger partial charge in [-0.25, -0.2) is 8.42 Å². The molecule has 0 bridgehead atoms. The molecule has 0 saturated heterocycles. The van der Waals surface area contributed by atoms with Crippen LogP contribution in [0.5, 0.6) is 0 Å². The van der Waals surface area contributed by atoms with Crippen LogP contribution in [0.4, 0.5) is 0 Å². The first-order valence-electron chi connectivity index (χ1n) is 6.44. The van der Waals surface area contributed by atoms with Crippen LogP contribution in [0.2, 0.25) is 0 Å². The summed E-state index contributed by atoms with van der Waals surface area (Å²) in [5.41, 5.74) is 2.35. The number of rotatable bonds is 3. The van der Waals surface area contributed by atoms with Gasteiger partial charge in [0.05, 0.1) is 10.6 Å². The van der Waals surface area contributed by atoms with Gasteiger partial charge in [0.25, 0.3) is 0 Å². The van der Waals surface area contributed by atoms with Gasteiger partial charge in [0.15, 0.2) is 9.84 Å². The zero-order valence-corrected chi connectivity index (χ0v) is 13.5. The molecule has 2 nitrogen and oxygen atoms in total. The molecule has 0 N–H and O–H groups in total. The van der Waals surface area contributed by atoms with Gasteiger partial charge in [0, 0.05) is 5.75 Å². The van der Waals surface area contributed by atoms with E-state index < -0.39 is 9.84 Å². The van der Waals surface area contributed by atoms with Crippen LogP contribution in [-0.4, -0.2) is 14.2 Å². The summed E-state index contributed by atoms with van der Waals surface area (Å²) in [6.07, 6.45) is 0. The molecule has 0 amide bonds. The molecule has 0 aromatic heterocycles. The molecule has 0 aliphatic carbocycles. The second-order valence-electron chi connectivity index (χ2n) is 4.36. The second-order valence-corrected chi connectivity index (χ2v) is 6.95. The molecule has 0 aliphatic heterocycles. The molecule has 0 spiro atoms. The number of benzene rings is 2. The van der Waals surface area contributed by atoms with E-state index in [1.165, 1.54) is 5.56 Å². The van der Waals surface area contributed by atoms with Gasteiger partial charge in [-0.05, 0) is 24.6 Å². The highest BCUT2D eigenvalue weighted by Gasteiger charge is 2.09. The molecule has 0 radical (unpaired) electrons. The molecule has 0 fully saturated rings. The van der Waals surface area contributed by atoms with Crippen LogP contribution in [-0.2, 0) is 15.6 Å². The summed E-state index contributed by atoms with van der Waals surface area (Å²) in [6, 6.07) is 17.1. The van der Waals surface area contributed by atoms with Crippen LogP contribution < -0.4 is 0 Å². The smallest absolute Gasteiger partial charge is 0.178 e. The van der Waals surface area contributed by atoms with Crippen LogP contribution in [0.15, 0.2) is 59.5 Å². The summed E-state index contributed by atoms with van der Waals surface area (Å²) in [5.74, 6) is 0.777. The lowest BCUT2D eigenvalue weighted by atomic mass is 10.2. The number of sulfone groups is 1. The van der Waals surface area contributed by atoms with E-state index in [0.717, 1.165) is 5.56 Å². The molecule has 0 heterocycles. The molecule has 20 heavy (non-hydrogen) atoms. The highest BCUT2D eigenvalue weighted by atomic mass is 32.2. The zero-order valence-electron chi connectivity index (χ0n) is 11.8. The Morgan fingerprint density at radius 1 is 0.950 bits per heavy atom. The average Bonchev–Trinajstić information content (AvgIpc) is 2.49. The Balaban J connectivity index is 0.000000240. The summed E-state index contributed by atoms with van der Waals surface area (Å²) >= 11 is 4.09. The first kappa shape index (κ1) is 16.8. The van der Waals surface area contributed by atoms with Crippen molar-refractivity contribution in [1.82, 2.24) is 0 Å². The lowest BCUT2D eigenvalue weighted by Crippen LogP contribution is -2.03. The van der Waals surface area contributed by atoms with Crippen molar-refractivity contribution < 1.29 is 8.42 Å². The Bertz CT molecular complexity index is 603. The predicted molar refractivity (Wildman–Crippen MR) is 88.0 cm³/mol. The summed E-state index contributed by atoms with van der Waals surface area (Å²) < 4.78 is 22.8. The fraction of sp³-hybridized carbons (Fsp3) is 0.250. The van der Waals surface area contributed by atoms with Crippen molar-refractivity contribution in [3.05, 3.63) is 65.7 Å². The van der Waals surface area contributed by atoms with Gasteiger partial charge in [0.2, 0.25) is 0 Å². The molecule has 2 aromatic rings. The molecule has 0 atom stereocenters. The quantitative estimate of drug-likeness (QED) is 0.873. The maximum atomic E-state index is 11.4. The van der Waals surface area contributed by atoms with E-state index in [-0.39, 0.29) is 5.75 Å². The third-order valence-corrected chi connectivity index (χ3v) is 4.90. The van der Waals surface area contributed by atoms with Gasteiger partial charge in [-0.1, -0.05) is 55.0 Å². The molecule has 108 valence electrons. The Kier molecular flexibility index (Phi) is 6.82. The SMILES string of the molecule is CCS(=O)(=O)c1ccc(CS)cc1.Cc1ccccc1. The highest BCUT2D eigenvalue weighted by molar-refractivity contribution is 7.91. The van der Waals surface area contributed by atoms with E-state index in [9.17, 15) is 8.42 Å². The monoisotopic (exact) mass is 308 g/mol. The fourth-order valence-corrected chi connectivity index (χ4v) is 2.60.